The molecule has 2 aliphatic rings. The second kappa shape index (κ2) is 7.58. The van der Waals surface area contributed by atoms with Crippen molar-refractivity contribution in [2.24, 2.45) is 5.41 Å². The number of hydrogen-bond acceptors (Lipinski definition) is 4. The minimum Gasteiger partial charge on any atom is -0.381 e. The second-order valence-electron chi connectivity index (χ2n) is 6.33. The number of nitrogens with one attached hydrogen (secondary N) is 1. The molecule has 2 heterocycles. The zero-order valence-electron chi connectivity index (χ0n) is 12.6. The lowest BCUT2D eigenvalue weighted by atomic mass is 9.79. The Hall–Kier alpha value is -0.160. The largest absolute Gasteiger partial charge is 0.381 e. The van der Waals surface area contributed by atoms with Gasteiger partial charge in [-0.3, -0.25) is 0 Å². The van der Waals surface area contributed by atoms with E-state index < -0.39 is 0 Å². The molecule has 0 bridgehead atoms. The monoisotopic (exact) mass is 270 g/mol. The highest BCUT2D eigenvalue weighted by molar-refractivity contribution is 4.87. The van der Waals surface area contributed by atoms with Gasteiger partial charge >= 0.3 is 0 Å². The molecule has 0 aromatic rings. The third-order valence-corrected chi connectivity index (χ3v) is 4.50. The van der Waals surface area contributed by atoms with Gasteiger partial charge in [-0.25, -0.2) is 0 Å². The Kier molecular flexibility index (Phi) is 6.07. The predicted octanol–water partition coefficient (Wildman–Crippen LogP) is 1.50. The van der Waals surface area contributed by atoms with Crippen LogP contribution in [0.3, 0.4) is 0 Å². The van der Waals surface area contributed by atoms with E-state index in [1.165, 1.54) is 32.1 Å². The van der Waals surface area contributed by atoms with E-state index >= 15 is 0 Å². The van der Waals surface area contributed by atoms with Crippen molar-refractivity contribution in [1.29, 1.82) is 0 Å². The molecule has 0 aromatic carbocycles. The van der Waals surface area contributed by atoms with Crippen LogP contribution < -0.4 is 5.32 Å². The van der Waals surface area contributed by atoms with Crippen molar-refractivity contribution < 1.29 is 9.47 Å². The first kappa shape index (κ1) is 15.2. The van der Waals surface area contributed by atoms with Crippen molar-refractivity contribution in [1.82, 2.24) is 10.2 Å². The average Bonchev–Trinajstić information content (AvgIpc) is 2.40. The maximum Gasteiger partial charge on any atom is 0.0701 e. The van der Waals surface area contributed by atoms with Crippen LogP contribution in [-0.4, -0.2) is 64.6 Å². The smallest absolute Gasteiger partial charge is 0.0701 e. The molecular formula is C15H30N2O2. The van der Waals surface area contributed by atoms with E-state index in [1.807, 2.05) is 0 Å². The molecule has 1 N–H and O–H groups in total. The number of hydrogen-bond donors (Lipinski definition) is 1. The molecule has 2 rings (SSSR count). The Balaban J connectivity index is 1.81. The summed E-state index contributed by atoms with van der Waals surface area (Å²) in [7, 11) is 4.30. The van der Waals surface area contributed by atoms with Crippen LogP contribution in [0.15, 0.2) is 0 Å². The number of ether oxygens (including phenoxy) is 2. The van der Waals surface area contributed by atoms with Gasteiger partial charge in [0.15, 0.2) is 0 Å². The summed E-state index contributed by atoms with van der Waals surface area (Å²) in [5.74, 6) is 0. The van der Waals surface area contributed by atoms with Gasteiger partial charge in [-0.2, -0.15) is 0 Å². The number of nitrogens with zero attached hydrogens (tertiary/aromatic N) is 1. The molecule has 4 heteroatoms. The maximum absolute atomic E-state index is 5.85. The molecule has 0 aliphatic carbocycles. The lowest BCUT2D eigenvalue weighted by Crippen LogP contribution is -2.47. The number of rotatable bonds is 6. The van der Waals surface area contributed by atoms with Crippen LogP contribution in [0, 0.1) is 5.41 Å². The summed E-state index contributed by atoms with van der Waals surface area (Å²) in [5, 5.41) is 3.37. The average molecular weight is 270 g/mol. The third kappa shape index (κ3) is 4.71. The SMILES string of the molecule is CNCC1(CN(C)CC2CCCCO2)CCOCC1. The Bertz CT molecular complexity index is 243. The van der Waals surface area contributed by atoms with E-state index in [0.717, 1.165) is 39.5 Å². The fraction of sp³-hybridized carbons (Fsp3) is 1.00. The lowest BCUT2D eigenvalue weighted by Gasteiger charge is -2.41. The quantitative estimate of drug-likeness (QED) is 0.793. The van der Waals surface area contributed by atoms with Crippen LogP contribution in [0.5, 0.6) is 0 Å². The number of likely N-dealkylation sites (N-methyl/N-ethyl adjacent to an activating group) is 1. The maximum atomic E-state index is 5.85. The third-order valence-electron chi connectivity index (χ3n) is 4.50. The zero-order valence-corrected chi connectivity index (χ0v) is 12.6. The van der Waals surface area contributed by atoms with E-state index in [-0.39, 0.29) is 0 Å². The molecule has 2 aliphatic heterocycles. The van der Waals surface area contributed by atoms with Crippen molar-refractivity contribution in [3.63, 3.8) is 0 Å². The molecule has 0 saturated carbocycles. The molecule has 1 atom stereocenters. The van der Waals surface area contributed by atoms with Gasteiger partial charge in [0.2, 0.25) is 0 Å². The summed E-state index contributed by atoms with van der Waals surface area (Å²) in [6.07, 6.45) is 6.58. The molecule has 19 heavy (non-hydrogen) atoms. The predicted molar refractivity (Wildman–Crippen MR) is 77.5 cm³/mol. The highest BCUT2D eigenvalue weighted by Gasteiger charge is 2.33. The van der Waals surface area contributed by atoms with Gasteiger partial charge in [0, 0.05) is 39.5 Å². The first-order valence-corrected chi connectivity index (χ1v) is 7.77. The van der Waals surface area contributed by atoms with Gasteiger partial charge in [-0.05, 0) is 51.6 Å². The minimum atomic E-state index is 0.385. The summed E-state index contributed by atoms with van der Waals surface area (Å²) < 4.78 is 11.4. The van der Waals surface area contributed by atoms with Gasteiger partial charge in [0.25, 0.3) is 0 Å². The van der Waals surface area contributed by atoms with Gasteiger partial charge < -0.3 is 19.7 Å². The Morgan fingerprint density at radius 2 is 2.00 bits per heavy atom. The summed E-state index contributed by atoms with van der Waals surface area (Å²) in [4.78, 5) is 2.47. The van der Waals surface area contributed by atoms with Crippen molar-refractivity contribution in [2.75, 3.05) is 53.6 Å². The molecule has 0 spiro atoms. The van der Waals surface area contributed by atoms with Crippen molar-refractivity contribution >= 4 is 0 Å². The normalized spacial score (nSPS) is 27.6. The molecule has 1 unspecified atom stereocenters. The van der Waals surface area contributed by atoms with Gasteiger partial charge in [0.1, 0.15) is 0 Å². The van der Waals surface area contributed by atoms with E-state index in [9.17, 15) is 0 Å². The Labute approximate surface area is 117 Å². The molecule has 2 saturated heterocycles. The topological polar surface area (TPSA) is 33.7 Å². The molecule has 0 radical (unpaired) electrons. The van der Waals surface area contributed by atoms with Crippen molar-refractivity contribution in [2.45, 2.75) is 38.2 Å². The van der Waals surface area contributed by atoms with E-state index in [1.54, 1.807) is 0 Å². The molecule has 0 aromatic heterocycles. The van der Waals surface area contributed by atoms with E-state index in [0.29, 0.717) is 11.5 Å². The highest BCUT2D eigenvalue weighted by Crippen LogP contribution is 2.31. The Morgan fingerprint density at radius 3 is 2.63 bits per heavy atom. The second-order valence-corrected chi connectivity index (χ2v) is 6.33. The summed E-state index contributed by atoms with van der Waals surface area (Å²) in [6, 6.07) is 0. The van der Waals surface area contributed by atoms with Crippen LogP contribution in [-0.2, 0) is 9.47 Å². The van der Waals surface area contributed by atoms with Crippen molar-refractivity contribution in [3.05, 3.63) is 0 Å². The molecule has 0 amide bonds. The van der Waals surface area contributed by atoms with Crippen LogP contribution in [0.1, 0.15) is 32.1 Å². The fourth-order valence-electron chi connectivity index (χ4n) is 3.51. The van der Waals surface area contributed by atoms with Gasteiger partial charge in [0.05, 0.1) is 6.10 Å². The van der Waals surface area contributed by atoms with E-state index in [4.69, 9.17) is 9.47 Å². The standard InChI is InChI=1S/C15H30N2O2/c1-16-12-15(6-9-18-10-7-15)13-17(2)11-14-5-3-4-8-19-14/h14,16H,3-13H2,1-2H3. The van der Waals surface area contributed by atoms with E-state index in [2.05, 4.69) is 24.3 Å². The van der Waals surface area contributed by atoms with Crippen LogP contribution in [0.4, 0.5) is 0 Å². The summed E-state index contributed by atoms with van der Waals surface area (Å²) in [5.41, 5.74) is 0.385. The summed E-state index contributed by atoms with van der Waals surface area (Å²) >= 11 is 0. The molecule has 112 valence electrons. The van der Waals surface area contributed by atoms with Crippen LogP contribution in [0.2, 0.25) is 0 Å². The first-order chi connectivity index (χ1) is 9.24. The molecule has 4 nitrogen and oxygen atoms in total. The first-order valence-electron chi connectivity index (χ1n) is 7.77. The summed E-state index contributed by atoms with van der Waals surface area (Å²) in [6.45, 7) is 6.09. The lowest BCUT2D eigenvalue weighted by molar-refractivity contribution is -0.0271. The van der Waals surface area contributed by atoms with Gasteiger partial charge in [-0.1, -0.05) is 0 Å². The van der Waals surface area contributed by atoms with Crippen molar-refractivity contribution in [3.8, 4) is 0 Å². The fourth-order valence-corrected chi connectivity index (χ4v) is 3.51. The Morgan fingerprint density at radius 1 is 1.21 bits per heavy atom. The van der Waals surface area contributed by atoms with Crippen LogP contribution >= 0.6 is 0 Å². The van der Waals surface area contributed by atoms with Crippen LogP contribution in [0.25, 0.3) is 0 Å². The van der Waals surface area contributed by atoms with Gasteiger partial charge in [-0.15, -0.1) is 0 Å². The highest BCUT2D eigenvalue weighted by atomic mass is 16.5. The molecule has 2 fully saturated rings. The zero-order chi connectivity index (χ0) is 13.6. The molecular weight excluding hydrogens is 240 g/mol. The minimum absolute atomic E-state index is 0.385.